The highest BCUT2D eigenvalue weighted by atomic mass is 32.2. The van der Waals surface area contributed by atoms with Gasteiger partial charge in [-0.25, -0.2) is 13.1 Å². The number of nitrogens with two attached hydrogens (primary N) is 1. The van der Waals surface area contributed by atoms with Gasteiger partial charge < -0.3 is 5.73 Å². The largest absolute Gasteiger partial charge is 0.398 e. The Kier molecular flexibility index (Phi) is 6.85. The second kappa shape index (κ2) is 7.90. The number of nitrogens with one attached hydrogen (secondary N) is 1. The average Bonchev–Trinajstić information content (AvgIpc) is 2.38. The fourth-order valence-corrected chi connectivity index (χ4v) is 4.15. The van der Waals surface area contributed by atoms with Crippen LogP contribution in [0.4, 0.5) is 5.69 Å². The molecule has 0 fully saturated rings. The van der Waals surface area contributed by atoms with Crippen molar-refractivity contribution in [3.63, 3.8) is 0 Å². The third kappa shape index (κ3) is 4.68. The van der Waals surface area contributed by atoms with Crippen LogP contribution in [0, 0.1) is 13.8 Å². The number of hydrogen-bond donors (Lipinski definition) is 2. The van der Waals surface area contributed by atoms with Gasteiger partial charge in [0.05, 0.1) is 4.90 Å². The minimum atomic E-state index is -3.47. The minimum Gasteiger partial charge on any atom is -0.398 e. The zero-order chi connectivity index (χ0) is 15.2. The van der Waals surface area contributed by atoms with Crippen molar-refractivity contribution < 1.29 is 8.42 Å². The molecule has 0 aromatic heterocycles. The van der Waals surface area contributed by atoms with Crippen molar-refractivity contribution in [1.82, 2.24) is 4.72 Å². The molecule has 0 bridgehead atoms. The summed E-state index contributed by atoms with van der Waals surface area (Å²) in [7, 11) is -3.47. The standard InChI is InChI=1S/C14H24N2O2S2/c1-11-7-8-13(15)12(2)14(11)20(17,18)16-9-5-4-6-10-19-3/h7-8,16H,4-6,9-10,15H2,1-3H3. The second-order valence-electron chi connectivity index (χ2n) is 4.88. The quantitative estimate of drug-likeness (QED) is 0.571. The fourth-order valence-electron chi connectivity index (χ4n) is 2.08. The van der Waals surface area contributed by atoms with Crippen LogP contribution in [0.3, 0.4) is 0 Å². The molecular formula is C14H24N2O2S2. The number of rotatable bonds is 8. The second-order valence-corrected chi connectivity index (χ2v) is 7.57. The first-order chi connectivity index (χ1) is 9.40. The number of nitrogen functional groups attached to an aromatic ring is 1. The van der Waals surface area contributed by atoms with Crippen molar-refractivity contribution in [3.05, 3.63) is 23.3 Å². The van der Waals surface area contributed by atoms with Crippen LogP contribution in [-0.4, -0.2) is 27.0 Å². The van der Waals surface area contributed by atoms with Crippen LogP contribution in [0.25, 0.3) is 0 Å². The van der Waals surface area contributed by atoms with Gasteiger partial charge in [0.25, 0.3) is 0 Å². The van der Waals surface area contributed by atoms with Crippen molar-refractivity contribution in [2.75, 3.05) is 24.3 Å². The lowest BCUT2D eigenvalue weighted by molar-refractivity contribution is 0.575. The highest BCUT2D eigenvalue weighted by molar-refractivity contribution is 7.98. The van der Waals surface area contributed by atoms with E-state index < -0.39 is 10.0 Å². The van der Waals surface area contributed by atoms with Gasteiger partial charge in [0.2, 0.25) is 10.0 Å². The number of benzene rings is 1. The molecule has 0 unspecified atom stereocenters. The average molecular weight is 316 g/mol. The number of sulfonamides is 1. The van der Waals surface area contributed by atoms with Crippen LogP contribution < -0.4 is 10.5 Å². The highest BCUT2D eigenvalue weighted by Crippen LogP contribution is 2.24. The van der Waals surface area contributed by atoms with Gasteiger partial charge in [-0.3, -0.25) is 0 Å². The molecule has 0 saturated carbocycles. The molecule has 0 atom stereocenters. The SMILES string of the molecule is CSCCCCCNS(=O)(=O)c1c(C)ccc(N)c1C. The molecule has 0 aliphatic rings. The van der Waals surface area contributed by atoms with E-state index in [0.29, 0.717) is 22.7 Å². The van der Waals surface area contributed by atoms with Gasteiger partial charge in [-0.1, -0.05) is 12.5 Å². The van der Waals surface area contributed by atoms with E-state index in [9.17, 15) is 8.42 Å². The van der Waals surface area contributed by atoms with E-state index in [1.165, 1.54) is 0 Å². The summed E-state index contributed by atoms with van der Waals surface area (Å²) in [6.07, 6.45) is 5.10. The van der Waals surface area contributed by atoms with E-state index in [2.05, 4.69) is 11.0 Å². The van der Waals surface area contributed by atoms with E-state index in [1.54, 1.807) is 26.0 Å². The van der Waals surface area contributed by atoms with Crippen LogP contribution in [-0.2, 0) is 10.0 Å². The predicted molar refractivity (Wildman–Crippen MR) is 87.7 cm³/mol. The summed E-state index contributed by atoms with van der Waals surface area (Å²) >= 11 is 1.82. The lowest BCUT2D eigenvalue weighted by Gasteiger charge is -2.13. The number of thioether (sulfide) groups is 1. The summed E-state index contributed by atoms with van der Waals surface area (Å²) < 4.78 is 27.4. The van der Waals surface area contributed by atoms with Crippen molar-refractivity contribution in [2.45, 2.75) is 38.0 Å². The number of hydrogen-bond acceptors (Lipinski definition) is 4. The number of unbranched alkanes of at least 4 members (excludes halogenated alkanes) is 2. The molecule has 114 valence electrons. The first-order valence-corrected chi connectivity index (χ1v) is 9.62. The Hall–Kier alpha value is -0.720. The summed E-state index contributed by atoms with van der Waals surface area (Å²) in [5.41, 5.74) is 7.66. The molecule has 3 N–H and O–H groups in total. The third-order valence-electron chi connectivity index (χ3n) is 3.23. The van der Waals surface area contributed by atoms with E-state index in [4.69, 9.17) is 5.73 Å². The van der Waals surface area contributed by atoms with E-state index in [0.717, 1.165) is 30.6 Å². The monoisotopic (exact) mass is 316 g/mol. The maximum atomic E-state index is 12.3. The van der Waals surface area contributed by atoms with Crippen LogP contribution in [0.1, 0.15) is 30.4 Å². The zero-order valence-electron chi connectivity index (χ0n) is 12.4. The maximum absolute atomic E-state index is 12.3. The van der Waals surface area contributed by atoms with Crippen LogP contribution in [0.15, 0.2) is 17.0 Å². The van der Waals surface area contributed by atoms with Gasteiger partial charge >= 0.3 is 0 Å². The van der Waals surface area contributed by atoms with Crippen molar-refractivity contribution >= 4 is 27.5 Å². The van der Waals surface area contributed by atoms with Gasteiger partial charge in [-0.2, -0.15) is 11.8 Å². The molecular weight excluding hydrogens is 292 g/mol. The van der Waals surface area contributed by atoms with Gasteiger partial charge in [-0.15, -0.1) is 0 Å². The molecule has 0 spiro atoms. The molecule has 6 heteroatoms. The molecule has 4 nitrogen and oxygen atoms in total. The topological polar surface area (TPSA) is 72.2 Å². The Morgan fingerprint density at radius 3 is 2.55 bits per heavy atom. The number of anilines is 1. The van der Waals surface area contributed by atoms with E-state index in [1.807, 2.05) is 11.8 Å². The fraction of sp³-hybridized carbons (Fsp3) is 0.571. The van der Waals surface area contributed by atoms with Crippen LogP contribution >= 0.6 is 11.8 Å². The molecule has 20 heavy (non-hydrogen) atoms. The number of aryl methyl sites for hydroxylation is 1. The molecule has 0 saturated heterocycles. The van der Waals surface area contributed by atoms with Crippen LogP contribution in [0.5, 0.6) is 0 Å². The van der Waals surface area contributed by atoms with Gasteiger partial charge in [0.1, 0.15) is 0 Å². The molecule has 1 aromatic carbocycles. The van der Waals surface area contributed by atoms with E-state index in [-0.39, 0.29) is 0 Å². The first kappa shape index (κ1) is 17.3. The lowest BCUT2D eigenvalue weighted by atomic mass is 10.1. The van der Waals surface area contributed by atoms with Crippen molar-refractivity contribution in [3.8, 4) is 0 Å². The van der Waals surface area contributed by atoms with E-state index >= 15 is 0 Å². The Morgan fingerprint density at radius 1 is 1.20 bits per heavy atom. The van der Waals surface area contributed by atoms with Gasteiger partial charge in [0, 0.05) is 12.2 Å². The summed E-state index contributed by atoms with van der Waals surface area (Å²) in [5.74, 6) is 1.13. The Balaban J connectivity index is 2.68. The molecule has 0 aliphatic heterocycles. The predicted octanol–water partition coefficient (Wildman–Crippen LogP) is 2.70. The molecule has 1 aromatic rings. The van der Waals surface area contributed by atoms with Gasteiger partial charge in [0.15, 0.2) is 0 Å². The summed E-state index contributed by atoms with van der Waals surface area (Å²) in [4.78, 5) is 0.321. The molecule has 0 aliphatic carbocycles. The van der Waals surface area contributed by atoms with Crippen molar-refractivity contribution in [1.29, 1.82) is 0 Å². The van der Waals surface area contributed by atoms with Gasteiger partial charge in [-0.05, 0) is 55.9 Å². The summed E-state index contributed by atoms with van der Waals surface area (Å²) in [5, 5.41) is 0. The molecule has 0 radical (unpaired) electrons. The minimum absolute atomic E-state index is 0.321. The van der Waals surface area contributed by atoms with Crippen molar-refractivity contribution in [2.24, 2.45) is 0 Å². The molecule has 0 amide bonds. The highest BCUT2D eigenvalue weighted by Gasteiger charge is 2.20. The first-order valence-electron chi connectivity index (χ1n) is 6.74. The molecule has 0 heterocycles. The maximum Gasteiger partial charge on any atom is 0.241 e. The Morgan fingerprint density at radius 2 is 1.90 bits per heavy atom. The Bertz CT molecular complexity index is 542. The normalized spacial score (nSPS) is 11.8. The van der Waals surface area contributed by atoms with Crippen LogP contribution in [0.2, 0.25) is 0 Å². The summed E-state index contributed by atoms with van der Waals surface area (Å²) in [6, 6.07) is 3.49. The smallest absolute Gasteiger partial charge is 0.241 e. The summed E-state index contributed by atoms with van der Waals surface area (Å²) in [6.45, 7) is 4.01. The zero-order valence-corrected chi connectivity index (χ0v) is 14.0. The third-order valence-corrected chi connectivity index (χ3v) is 5.68. The lowest BCUT2D eigenvalue weighted by Crippen LogP contribution is -2.26. The Labute approximate surface area is 126 Å². The molecule has 1 rings (SSSR count).